The minimum atomic E-state index is 0. The SMILES string of the molecule is Cl.NCC(C1CC1)C1CC1. The van der Waals surface area contributed by atoms with Crippen LogP contribution >= 0.6 is 12.4 Å². The molecule has 0 atom stereocenters. The van der Waals surface area contributed by atoms with Crippen molar-refractivity contribution in [2.45, 2.75) is 25.7 Å². The standard InChI is InChI=1S/C8H15N.ClH/c9-5-8(6-1-2-6)7-3-4-7;/h6-8H,1-5,9H2;1H. The van der Waals surface area contributed by atoms with E-state index >= 15 is 0 Å². The molecule has 0 saturated heterocycles. The number of halogens is 1. The lowest BCUT2D eigenvalue weighted by Crippen LogP contribution is -2.17. The number of hydrogen-bond acceptors (Lipinski definition) is 1. The molecule has 2 aliphatic rings. The minimum absolute atomic E-state index is 0. The summed E-state index contributed by atoms with van der Waals surface area (Å²) in [4.78, 5) is 0. The van der Waals surface area contributed by atoms with Gasteiger partial charge in [0.2, 0.25) is 0 Å². The molecule has 1 nitrogen and oxygen atoms in total. The third kappa shape index (κ3) is 1.64. The van der Waals surface area contributed by atoms with Gasteiger partial charge in [-0.05, 0) is 50.0 Å². The molecule has 0 aromatic carbocycles. The van der Waals surface area contributed by atoms with Gasteiger partial charge in [0.1, 0.15) is 0 Å². The zero-order valence-electron chi connectivity index (χ0n) is 6.25. The Morgan fingerprint density at radius 1 is 1.10 bits per heavy atom. The second-order valence-electron chi connectivity index (χ2n) is 3.57. The Kier molecular flexibility index (Phi) is 2.59. The first kappa shape index (κ1) is 8.35. The Bertz CT molecular complexity index is 95.8. The first-order valence-electron chi connectivity index (χ1n) is 4.12. The van der Waals surface area contributed by atoms with Crippen molar-refractivity contribution in [3.63, 3.8) is 0 Å². The molecule has 2 N–H and O–H groups in total. The first-order chi connectivity index (χ1) is 4.42. The van der Waals surface area contributed by atoms with Crippen molar-refractivity contribution in [2.24, 2.45) is 23.5 Å². The van der Waals surface area contributed by atoms with Gasteiger partial charge in [-0.1, -0.05) is 0 Å². The molecule has 0 unspecified atom stereocenters. The van der Waals surface area contributed by atoms with Gasteiger partial charge >= 0.3 is 0 Å². The molecule has 2 fully saturated rings. The predicted octanol–water partition coefficient (Wildman–Crippen LogP) is 1.80. The van der Waals surface area contributed by atoms with Crippen LogP contribution in [0.5, 0.6) is 0 Å². The summed E-state index contributed by atoms with van der Waals surface area (Å²) in [5.74, 6) is 3.01. The molecule has 0 radical (unpaired) electrons. The van der Waals surface area contributed by atoms with Gasteiger partial charge in [-0.2, -0.15) is 0 Å². The Morgan fingerprint density at radius 3 is 1.70 bits per heavy atom. The van der Waals surface area contributed by atoms with Crippen molar-refractivity contribution in [3.8, 4) is 0 Å². The lowest BCUT2D eigenvalue weighted by Gasteiger charge is -2.10. The van der Waals surface area contributed by atoms with Gasteiger partial charge in [-0.3, -0.25) is 0 Å². The summed E-state index contributed by atoms with van der Waals surface area (Å²) in [5.41, 5.74) is 5.65. The van der Waals surface area contributed by atoms with Gasteiger partial charge in [-0.15, -0.1) is 12.4 Å². The first-order valence-corrected chi connectivity index (χ1v) is 4.12. The van der Waals surface area contributed by atoms with E-state index in [2.05, 4.69) is 0 Å². The summed E-state index contributed by atoms with van der Waals surface area (Å²) in [6.07, 6.45) is 5.88. The van der Waals surface area contributed by atoms with E-state index in [1.807, 2.05) is 0 Å². The van der Waals surface area contributed by atoms with Crippen LogP contribution in [0.2, 0.25) is 0 Å². The molecule has 2 heteroatoms. The average molecular weight is 162 g/mol. The highest BCUT2D eigenvalue weighted by Crippen LogP contribution is 2.48. The monoisotopic (exact) mass is 161 g/mol. The van der Waals surface area contributed by atoms with Crippen LogP contribution in [-0.4, -0.2) is 6.54 Å². The van der Waals surface area contributed by atoms with E-state index in [0.717, 1.165) is 24.3 Å². The average Bonchev–Trinajstić information content (AvgIpc) is 2.61. The van der Waals surface area contributed by atoms with Crippen LogP contribution in [0.3, 0.4) is 0 Å². The molecule has 0 heterocycles. The van der Waals surface area contributed by atoms with Crippen molar-refractivity contribution < 1.29 is 0 Å². The summed E-state index contributed by atoms with van der Waals surface area (Å²) in [6, 6.07) is 0. The summed E-state index contributed by atoms with van der Waals surface area (Å²) in [6.45, 7) is 0.954. The maximum absolute atomic E-state index is 5.65. The lowest BCUT2D eigenvalue weighted by molar-refractivity contribution is 0.417. The molecule has 10 heavy (non-hydrogen) atoms. The van der Waals surface area contributed by atoms with Gasteiger partial charge < -0.3 is 5.73 Å². The van der Waals surface area contributed by atoms with Crippen LogP contribution in [0.1, 0.15) is 25.7 Å². The zero-order chi connectivity index (χ0) is 6.27. The lowest BCUT2D eigenvalue weighted by atomic mass is 9.99. The van der Waals surface area contributed by atoms with E-state index < -0.39 is 0 Å². The molecule has 0 aliphatic heterocycles. The molecule has 0 bridgehead atoms. The van der Waals surface area contributed by atoms with Crippen molar-refractivity contribution in [1.82, 2.24) is 0 Å². The maximum atomic E-state index is 5.65. The van der Waals surface area contributed by atoms with E-state index in [4.69, 9.17) is 5.73 Å². The molecular formula is C8H16ClN. The molecule has 0 amide bonds. The van der Waals surface area contributed by atoms with Crippen LogP contribution < -0.4 is 5.73 Å². The van der Waals surface area contributed by atoms with Gasteiger partial charge in [0.15, 0.2) is 0 Å². The minimum Gasteiger partial charge on any atom is -0.330 e. The summed E-state index contributed by atoms with van der Waals surface area (Å²) >= 11 is 0. The van der Waals surface area contributed by atoms with Crippen molar-refractivity contribution in [2.75, 3.05) is 6.54 Å². The Labute approximate surface area is 68.8 Å². The molecule has 0 spiro atoms. The molecular weight excluding hydrogens is 146 g/mol. The summed E-state index contributed by atoms with van der Waals surface area (Å²) in [5, 5.41) is 0. The number of rotatable bonds is 3. The van der Waals surface area contributed by atoms with Crippen LogP contribution in [0.15, 0.2) is 0 Å². The molecule has 60 valence electrons. The molecule has 0 aromatic rings. The molecule has 2 saturated carbocycles. The van der Waals surface area contributed by atoms with Crippen molar-refractivity contribution in [3.05, 3.63) is 0 Å². The Morgan fingerprint density at radius 2 is 1.50 bits per heavy atom. The molecule has 0 aromatic heterocycles. The maximum Gasteiger partial charge on any atom is -0.00436 e. The number of nitrogens with two attached hydrogens (primary N) is 1. The van der Waals surface area contributed by atoms with E-state index in [1.54, 1.807) is 0 Å². The smallest absolute Gasteiger partial charge is 0.00436 e. The Hall–Kier alpha value is 0.250. The van der Waals surface area contributed by atoms with E-state index in [9.17, 15) is 0 Å². The van der Waals surface area contributed by atoms with Crippen LogP contribution in [0.4, 0.5) is 0 Å². The van der Waals surface area contributed by atoms with Crippen LogP contribution in [0.25, 0.3) is 0 Å². The van der Waals surface area contributed by atoms with Crippen LogP contribution in [-0.2, 0) is 0 Å². The van der Waals surface area contributed by atoms with E-state index in [0.29, 0.717) is 0 Å². The zero-order valence-corrected chi connectivity index (χ0v) is 7.07. The quantitative estimate of drug-likeness (QED) is 0.672. The van der Waals surface area contributed by atoms with Crippen molar-refractivity contribution >= 4 is 12.4 Å². The second-order valence-corrected chi connectivity index (χ2v) is 3.57. The summed E-state index contributed by atoms with van der Waals surface area (Å²) < 4.78 is 0. The summed E-state index contributed by atoms with van der Waals surface area (Å²) in [7, 11) is 0. The third-order valence-corrected chi connectivity index (χ3v) is 2.73. The van der Waals surface area contributed by atoms with Gasteiger partial charge in [0.05, 0.1) is 0 Å². The topological polar surface area (TPSA) is 26.0 Å². The fourth-order valence-corrected chi connectivity index (χ4v) is 1.82. The third-order valence-electron chi connectivity index (χ3n) is 2.73. The highest BCUT2D eigenvalue weighted by atomic mass is 35.5. The van der Waals surface area contributed by atoms with E-state index in [-0.39, 0.29) is 12.4 Å². The Balaban J connectivity index is 0.000000500. The van der Waals surface area contributed by atoms with Gasteiger partial charge in [-0.25, -0.2) is 0 Å². The van der Waals surface area contributed by atoms with E-state index in [1.165, 1.54) is 25.7 Å². The molecule has 2 rings (SSSR count). The van der Waals surface area contributed by atoms with Crippen molar-refractivity contribution in [1.29, 1.82) is 0 Å². The predicted molar refractivity (Wildman–Crippen MR) is 45.2 cm³/mol. The molecule has 2 aliphatic carbocycles. The fourth-order valence-electron chi connectivity index (χ4n) is 1.82. The highest BCUT2D eigenvalue weighted by molar-refractivity contribution is 5.85. The van der Waals surface area contributed by atoms with Crippen LogP contribution in [0, 0.1) is 17.8 Å². The van der Waals surface area contributed by atoms with Gasteiger partial charge in [0.25, 0.3) is 0 Å². The van der Waals surface area contributed by atoms with Gasteiger partial charge in [0, 0.05) is 0 Å². The fraction of sp³-hybridized carbons (Fsp3) is 1.00. The normalized spacial score (nSPS) is 24.6. The largest absolute Gasteiger partial charge is 0.330 e. The second kappa shape index (κ2) is 3.10. The number of hydrogen-bond donors (Lipinski definition) is 1. The highest BCUT2D eigenvalue weighted by Gasteiger charge is 2.40.